The van der Waals surface area contributed by atoms with Gasteiger partial charge in [0.1, 0.15) is 5.82 Å². The van der Waals surface area contributed by atoms with Crippen LogP contribution in [0.2, 0.25) is 5.02 Å². The van der Waals surface area contributed by atoms with Crippen LogP contribution in [-0.4, -0.2) is 28.5 Å². The highest BCUT2D eigenvalue weighted by molar-refractivity contribution is 6.30. The number of benzene rings is 3. The monoisotopic (exact) mass is 520 g/mol. The molecule has 0 saturated heterocycles. The number of aromatic amines is 1. The number of aliphatic carboxylic acids is 1. The average molecular weight is 521 g/mol. The summed E-state index contributed by atoms with van der Waals surface area (Å²) < 4.78 is 14.8. The summed E-state index contributed by atoms with van der Waals surface area (Å²) in [6.45, 7) is 4.10. The predicted molar refractivity (Wildman–Crippen MR) is 145 cm³/mol. The standard InChI is InChI=1S/C30H30ClFN2O3/c1-3-4-23(19-5-7-21(8-6-19)30(37)33-14-13-27(35)36)28(20-9-11-22(31)12-10-20)25-17-34-29-24(25)15-18(2)16-26(29)32/h5-12,15-17,23,28,34H,3-4,13-14H2,1-2H3,(H,33,37)(H,35,36)/t23-,28-/m1/s1. The molecule has 1 amide bonds. The molecule has 192 valence electrons. The summed E-state index contributed by atoms with van der Waals surface area (Å²) in [6.07, 6.45) is 3.58. The summed E-state index contributed by atoms with van der Waals surface area (Å²) in [5, 5.41) is 12.9. The number of halogens is 2. The third-order valence-corrected chi connectivity index (χ3v) is 6.96. The molecule has 0 saturated carbocycles. The zero-order valence-corrected chi connectivity index (χ0v) is 21.6. The lowest BCUT2D eigenvalue weighted by molar-refractivity contribution is -0.136. The SMILES string of the molecule is CCC[C@H](c1ccc(C(=O)NCCC(=O)O)cc1)[C@@H](c1ccc(Cl)cc1)c1c[nH]c2c(F)cc(C)cc12. The van der Waals surface area contributed by atoms with Gasteiger partial charge < -0.3 is 15.4 Å². The quantitative estimate of drug-likeness (QED) is 0.207. The van der Waals surface area contributed by atoms with Crippen LogP contribution in [0.1, 0.15) is 70.6 Å². The molecule has 7 heteroatoms. The van der Waals surface area contributed by atoms with E-state index in [0.717, 1.165) is 40.5 Å². The molecule has 1 heterocycles. The van der Waals surface area contributed by atoms with Crippen LogP contribution in [0.5, 0.6) is 0 Å². The predicted octanol–water partition coefficient (Wildman–Crippen LogP) is 7.19. The smallest absolute Gasteiger partial charge is 0.305 e. The molecule has 1 aromatic heterocycles. The first-order valence-electron chi connectivity index (χ1n) is 12.4. The number of nitrogens with one attached hydrogen (secondary N) is 2. The molecule has 0 aliphatic heterocycles. The van der Waals surface area contributed by atoms with Gasteiger partial charge in [0.25, 0.3) is 5.91 Å². The summed E-state index contributed by atoms with van der Waals surface area (Å²) in [4.78, 5) is 26.3. The van der Waals surface area contributed by atoms with E-state index < -0.39 is 5.97 Å². The van der Waals surface area contributed by atoms with Crippen molar-refractivity contribution < 1.29 is 19.1 Å². The van der Waals surface area contributed by atoms with E-state index in [0.29, 0.717) is 16.1 Å². The number of carbonyl (C=O) groups is 2. The maximum atomic E-state index is 14.8. The largest absolute Gasteiger partial charge is 0.481 e. The van der Waals surface area contributed by atoms with Crippen molar-refractivity contribution in [1.29, 1.82) is 0 Å². The molecule has 0 radical (unpaired) electrons. The van der Waals surface area contributed by atoms with Crippen molar-refractivity contribution in [2.45, 2.75) is 44.9 Å². The number of H-pyrrole nitrogens is 1. The van der Waals surface area contributed by atoms with Crippen molar-refractivity contribution in [2.24, 2.45) is 0 Å². The third kappa shape index (κ3) is 6.03. The van der Waals surface area contributed by atoms with Crippen LogP contribution in [0, 0.1) is 12.7 Å². The minimum Gasteiger partial charge on any atom is -0.481 e. The molecule has 4 rings (SSSR count). The Morgan fingerprint density at radius 3 is 2.38 bits per heavy atom. The highest BCUT2D eigenvalue weighted by Gasteiger charge is 2.29. The first-order valence-corrected chi connectivity index (χ1v) is 12.8. The van der Waals surface area contributed by atoms with E-state index in [1.807, 2.05) is 55.6 Å². The summed E-state index contributed by atoms with van der Waals surface area (Å²) in [6, 6.07) is 18.8. The van der Waals surface area contributed by atoms with Gasteiger partial charge in [-0.05, 0) is 77.9 Å². The van der Waals surface area contributed by atoms with Crippen molar-refractivity contribution in [3.63, 3.8) is 0 Å². The maximum Gasteiger partial charge on any atom is 0.305 e. The van der Waals surface area contributed by atoms with E-state index in [1.54, 1.807) is 12.1 Å². The number of aromatic nitrogens is 1. The highest BCUT2D eigenvalue weighted by Crippen LogP contribution is 2.44. The summed E-state index contributed by atoms with van der Waals surface area (Å²) >= 11 is 6.21. The molecule has 0 spiro atoms. The Balaban J connectivity index is 1.76. The van der Waals surface area contributed by atoms with Crippen LogP contribution in [-0.2, 0) is 4.79 Å². The minimum absolute atomic E-state index is 0.0536. The Morgan fingerprint density at radius 1 is 1.05 bits per heavy atom. The normalized spacial score (nSPS) is 12.9. The van der Waals surface area contributed by atoms with Crippen molar-refractivity contribution in [2.75, 3.05) is 6.54 Å². The lowest BCUT2D eigenvalue weighted by Crippen LogP contribution is -2.26. The number of carbonyl (C=O) groups excluding carboxylic acids is 1. The van der Waals surface area contributed by atoms with E-state index in [1.165, 1.54) is 6.07 Å². The van der Waals surface area contributed by atoms with Gasteiger partial charge in [-0.15, -0.1) is 0 Å². The lowest BCUT2D eigenvalue weighted by Gasteiger charge is -2.28. The molecule has 5 nitrogen and oxygen atoms in total. The van der Waals surface area contributed by atoms with Gasteiger partial charge >= 0.3 is 5.97 Å². The molecule has 3 N–H and O–H groups in total. The third-order valence-electron chi connectivity index (χ3n) is 6.71. The van der Waals surface area contributed by atoms with Crippen LogP contribution < -0.4 is 5.32 Å². The number of carboxylic acids is 1. The molecular formula is C30H30ClFN2O3. The number of amides is 1. The van der Waals surface area contributed by atoms with Gasteiger partial charge in [-0.1, -0.05) is 49.2 Å². The zero-order chi connectivity index (χ0) is 26.5. The van der Waals surface area contributed by atoms with E-state index in [9.17, 15) is 14.0 Å². The van der Waals surface area contributed by atoms with Crippen molar-refractivity contribution >= 4 is 34.4 Å². The first-order chi connectivity index (χ1) is 17.8. The van der Waals surface area contributed by atoms with Gasteiger partial charge in [0.2, 0.25) is 0 Å². The van der Waals surface area contributed by atoms with Gasteiger partial charge in [0.05, 0.1) is 11.9 Å². The topological polar surface area (TPSA) is 82.2 Å². The Morgan fingerprint density at radius 2 is 1.73 bits per heavy atom. The number of carboxylic acid groups (broad SMARTS) is 1. The van der Waals surface area contributed by atoms with E-state index in [-0.39, 0.29) is 36.5 Å². The molecule has 2 atom stereocenters. The van der Waals surface area contributed by atoms with E-state index >= 15 is 0 Å². The Labute approximate surface area is 220 Å². The fourth-order valence-electron chi connectivity index (χ4n) is 5.00. The van der Waals surface area contributed by atoms with E-state index in [2.05, 4.69) is 17.2 Å². The molecular weight excluding hydrogens is 491 g/mol. The number of rotatable bonds is 10. The van der Waals surface area contributed by atoms with E-state index in [4.69, 9.17) is 16.7 Å². The fraction of sp³-hybridized carbons (Fsp3) is 0.267. The lowest BCUT2D eigenvalue weighted by atomic mass is 9.75. The molecule has 0 aliphatic rings. The molecule has 37 heavy (non-hydrogen) atoms. The van der Waals surface area contributed by atoms with Crippen LogP contribution in [0.3, 0.4) is 0 Å². The average Bonchev–Trinajstić information content (AvgIpc) is 3.28. The van der Waals surface area contributed by atoms with Gasteiger partial charge in [0.15, 0.2) is 0 Å². The highest BCUT2D eigenvalue weighted by atomic mass is 35.5. The minimum atomic E-state index is -0.960. The Hall–Kier alpha value is -3.64. The zero-order valence-electron chi connectivity index (χ0n) is 20.9. The number of hydrogen-bond acceptors (Lipinski definition) is 2. The van der Waals surface area contributed by atoms with Crippen molar-refractivity contribution in [3.05, 3.63) is 106 Å². The Bertz CT molecular complexity index is 1400. The van der Waals surface area contributed by atoms with Crippen LogP contribution in [0.15, 0.2) is 66.9 Å². The van der Waals surface area contributed by atoms with Crippen molar-refractivity contribution in [1.82, 2.24) is 10.3 Å². The van der Waals surface area contributed by atoms with Gasteiger partial charge in [-0.2, -0.15) is 0 Å². The molecule has 0 fully saturated rings. The molecule has 0 aliphatic carbocycles. The molecule has 4 aromatic rings. The summed E-state index contributed by atoms with van der Waals surface area (Å²) in [7, 11) is 0. The molecule has 0 bridgehead atoms. The summed E-state index contributed by atoms with van der Waals surface area (Å²) in [5.41, 5.74) is 4.95. The molecule has 3 aromatic carbocycles. The van der Waals surface area contributed by atoms with Crippen molar-refractivity contribution in [3.8, 4) is 0 Å². The van der Waals surface area contributed by atoms with Gasteiger partial charge in [-0.25, -0.2) is 4.39 Å². The van der Waals surface area contributed by atoms with Gasteiger partial charge in [-0.3, -0.25) is 9.59 Å². The second kappa shape index (κ2) is 11.6. The second-order valence-electron chi connectivity index (χ2n) is 9.36. The second-order valence-corrected chi connectivity index (χ2v) is 9.80. The number of aryl methyl sites for hydroxylation is 1. The van der Waals surface area contributed by atoms with Crippen LogP contribution >= 0.6 is 11.6 Å². The molecule has 0 unspecified atom stereocenters. The number of hydrogen-bond donors (Lipinski definition) is 3. The van der Waals surface area contributed by atoms with Gasteiger partial charge in [0, 0.05) is 34.6 Å². The number of fused-ring (bicyclic) bond motifs is 1. The Kier molecular flexibility index (Phi) is 8.29. The fourth-order valence-corrected chi connectivity index (χ4v) is 5.13. The maximum absolute atomic E-state index is 14.8. The van der Waals surface area contributed by atoms with Crippen LogP contribution in [0.4, 0.5) is 4.39 Å². The summed E-state index contributed by atoms with van der Waals surface area (Å²) in [5.74, 6) is -1.57. The van der Waals surface area contributed by atoms with Crippen LogP contribution in [0.25, 0.3) is 10.9 Å². The first kappa shape index (κ1) is 26.4.